The Hall–Kier alpha value is -3.76. The van der Waals surface area contributed by atoms with Crippen molar-refractivity contribution in [3.63, 3.8) is 0 Å². The van der Waals surface area contributed by atoms with Gasteiger partial charge in [-0.3, -0.25) is 9.59 Å². The van der Waals surface area contributed by atoms with Crippen LogP contribution in [0.5, 0.6) is 0 Å². The Bertz CT molecular complexity index is 1330. The summed E-state index contributed by atoms with van der Waals surface area (Å²) in [6, 6.07) is 19.1. The highest BCUT2D eigenvalue weighted by molar-refractivity contribution is 6.32. The molecule has 0 aromatic heterocycles. The number of hydrogen-bond acceptors (Lipinski definition) is 4. The van der Waals surface area contributed by atoms with E-state index in [1.165, 1.54) is 0 Å². The number of nitrogens with zero attached hydrogens (tertiary/aromatic N) is 3. The lowest BCUT2D eigenvalue weighted by atomic mass is 10.1. The minimum Gasteiger partial charge on any atom is -0.362 e. The van der Waals surface area contributed by atoms with E-state index >= 15 is 0 Å². The molecule has 4 rings (SSSR count). The Morgan fingerprint density at radius 2 is 1.84 bits per heavy atom. The molecule has 1 aliphatic rings. The van der Waals surface area contributed by atoms with E-state index in [0.717, 1.165) is 18.2 Å². The fourth-order valence-corrected chi connectivity index (χ4v) is 4.82. The number of Topliss-reactive ketones (excluding diaryl/α,β-unsaturated/α-hetero) is 1. The molecule has 0 saturated carbocycles. The van der Waals surface area contributed by atoms with Crippen LogP contribution in [0.25, 0.3) is 0 Å². The van der Waals surface area contributed by atoms with Crippen molar-refractivity contribution in [2.45, 2.75) is 38.3 Å². The van der Waals surface area contributed by atoms with Gasteiger partial charge in [0.25, 0.3) is 0 Å². The van der Waals surface area contributed by atoms with Crippen molar-refractivity contribution in [2.24, 2.45) is 0 Å². The highest BCUT2D eigenvalue weighted by atomic mass is 35.5. The lowest BCUT2D eigenvalue weighted by molar-refractivity contribution is -0.130. The first-order chi connectivity index (χ1) is 17.9. The summed E-state index contributed by atoms with van der Waals surface area (Å²) < 4.78 is 28.4. The van der Waals surface area contributed by atoms with Gasteiger partial charge in [0.05, 0.1) is 10.6 Å². The number of hydrogen-bond donors (Lipinski definition) is 0. The van der Waals surface area contributed by atoms with Crippen LogP contribution < -0.4 is 4.90 Å². The fourth-order valence-electron chi connectivity index (χ4n) is 4.60. The molecule has 3 aromatic rings. The van der Waals surface area contributed by atoms with E-state index in [1.807, 2.05) is 29.2 Å². The van der Waals surface area contributed by atoms with Crippen molar-refractivity contribution in [3.05, 3.63) is 100 Å². The van der Waals surface area contributed by atoms with Crippen molar-refractivity contribution >= 4 is 29.0 Å². The van der Waals surface area contributed by atoms with Crippen LogP contribution in [0, 0.1) is 23.0 Å². The summed E-state index contributed by atoms with van der Waals surface area (Å²) in [6.07, 6.45) is 1.63. The largest absolute Gasteiger partial charge is 0.362 e. The van der Waals surface area contributed by atoms with Gasteiger partial charge >= 0.3 is 0 Å². The number of rotatable bonds is 9. The molecule has 0 unspecified atom stereocenters. The van der Waals surface area contributed by atoms with Crippen molar-refractivity contribution in [1.29, 1.82) is 5.26 Å². The minimum absolute atomic E-state index is 0.00804. The van der Waals surface area contributed by atoms with E-state index in [9.17, 15) is 23.6 Å². The number of benzene rings is 3. The maximum atomic E-state index is 14.5. The van der Waals surface area contributed by atoms with Crippen LogP contribution in [0.15, 0.2) is 66.7 Å². The summed E-state index contributed by atoms with van der Waals surface area (Å²) in [4.78, 5) is 28.9. The zero-order valence-electron chi connectivity index (χ0n) is 20.2. The summed E-state index contributed by atoms with van der Waals surface area (Å²) in [5.74, 6) is -1.10. The number of likely N-dealkylation sites (tertiary alicyclic amines) is 1. The van der Waals surface area contributed by atoms with E-state index < -0.39 is 11.6 Å². The normalized spacial score (nSPS) is 14.9. The third-order valence-corrected chi connectivity index (χ3v) is 6.91. The van der Waals surface area contributed by atoms with Gasteiger partial charge in [0, 0.05) is 55.3 Å². The van der Waals surface area contributed by atoms with Gasteiger partial charge in [0.1, 0.15) is 17.7 Å². The number of amides is 1. The van der Waals surface area contributed by atoms with Crippen LogP contribution in [-0.4, -0.2) is 35.7 Å². The summed E-state index contributed by atoms with van der Waals surface area (Å²) >= 11 is 6.27. The molecule has 8 heteroatoms. The molecule has 190 valence electrons. The van der Waals surface area contributed by atoms with Gasteiger partial charge in [-0.05, 0) is 49.2 Å². The topological polar surface area (TPSA) is 64.4 Å². The van der Waals surface area contributed by atoms with E-state index in [0.29, 0.717) is 49.2 Å². The molecule has 1 fully saturated rings. The number of anilines is 1. The Labute approximate surface area is 219 Å². The van der Waals surface area contributed by atoms with Crippen LogP contribution in [0.4, 0.5) is 14.5 Å². The highest BCUT2D eigenvalue weighted by Crippen LogP contribution is 2.30. The number of carbonyl (C=O) groups excluding carboxylic acids is 2. The lowest BCUT2D eigenvalue weighted by Gasteiger charge is -2.32. The Morgan fingerprint density at radius 1 is 1.05 bits per heavy atom. The summed E-state index contributed by atoms with van der Waals surface area (Å²) in [6.45, 7) is 0.992. The van der Waals surface area contributed by atoms with Gasteiger partial charge in [-0.2, -0.15) is 5.26 Å². The molecule has 3 aromatic carbocycles. The number of nitriles is 1. The summed E-state index contributed by atoms with van der Waals surface area (Å²) in [5.41, 5.74) is 1.79. The summed E-state index contributed by atoms with van der Waals surface area (Å²) in [5, 5.41) is 9.49. The molecule has 1 saturated heterocycles. The van der Waals surface area contributed by atoms with E-state index in [-0.39, 0.29) is 41.3 Å². The Balaban J connectivity index is 1.44. The molecule has 0 radical (unpaired) electrons. The first kappa shape index (κ1) is 26.3. The predicted octanol–water partition coefficient (Wildman–Crippen LogP) is 6.15. The quantitative estimate of drug-likeness (QED) is 0.317. The van der Waals surface area contributed by atoms with Crippen molar-refractivity contribution in [3.8, 4) is 6.07 Å². The molecule has 5 nitrogen and oxygen atoms in total. The van der Waals surface area contributed by atoms with Gasteiger partial charge in [-0.1, -0.05) is 41.9 Å². The average Bonchev–Trinajstić information content (AvgIpc) is 3.39. The van der Waals surface area contributed by atoms with Crippen LogP contribution >= 0.6 is 11.6 Å². The SMILES string of the molecule is N#Cc1ccc(N(Cc2cc(F)ccc2F)[C@H]2CCN(C(=O)CCCC(=O)c3ccccc3)C2)cc1Cl. The minimum atomic E-state index is -0.539. The van der Waals surface area contributed by atoms with E-state index in [1.54, 1.807) is 35.2 Å². The molecule has 1 amide bonds. The number of halogens is 3. The zero-order chi connectivity index (χ0) is 26.4. The Morgan fingerprint density at radius 3 is 2.57 bits per heavy atom. The molecule has 1 atom stereocenters. The highest BCUT2D eigenvalue weighted by Gasteiger charge is 2.31. The van der Waals surface area contributed by atoms with Gasteiger partial charge in [0.15, 0.2) is 5.78 Å². The van der Waals surface area contributed by atoms with Crippen LogP contribution in [0.3, 0.4) is 0 Å². The van der Waals surface area contributed by atoms with Crippen molar-refractivity contribution in [2.75, 3.05) is 18.0 Å². The van der Waals surface area contributed by atoms with Gasteiger partial charge in [-0.25, -0.2) is 8.78 Å². The molecule has 0 aliphatic carbocycles. The van der Waals surface area contributed by atoms with Crippen LogP contribution in [-0.2, 0) is 11.3 Å². The third-order valence-electron chi connectivity index (χ3n) is 6.60. The second kappa shape index (κ2) is 12.0. The molecule has 37 heavy (non-hydrogen) atoms. The summed E-state index contributed by atoms with van der Waals surface area (Å²) in [7, 11) is 0. The van der Waals surface area contributed by atoms with E-state index in [4.69, 9.17) is 11.6 Å². The average molecular weight is 522 g/mol. The first-order valence-corrected chi connectivity index (χ1v) is 12.5. The maximum Gasteiger partial charge on any atom is 0.222 e. The second-order valence-corrected chi connectivity index (χ2v) is 9.47. The van der Waals surface area contributed by atoms with Crippen LogP contribution in [0.1, 0.15) is 47.2 Å². The lowest BCUT2D eigenvalue weighted by Crippen LogP contribution is -2.39. The second-order valence-electron chi connectivity index (χ2n) is 9.06. The number of ketones is 1. The van der Waals surface area contributed by atoms with Crippen LogP contribution in [0.2, 0.25) is 5.02 Å². The monoisotopic (exact) mass is 521 g/mol. The van der Waals surface area contributed by atoms with Crippen molar-refractivity contribution in [1.82, 2.24) is 4.90 Å². The third kappa shape index (κ3) is 6.52. The molecular formula is C29H26ClF2N3O2. The van der Waals surface area contributed by atoms with Gasteiger partial charge < -0.3 is 9.80 Å². The molecule has 0 spiro atoms. The fraction of sp³-hybridized carbons (Fsp3) is 0.276. The standard InChI is InChI=1S/C29H26ClF2N3O2/c30-26-16-24(11-9-21(26)17-33)35(18-22-15-23(31)10-12-27(22)32)25-13-14-34(19-25)29(37)8-4-7-28(36)20-5-2-1-3-6-20/h1-3,5-6,9-12,15-16,25H,4,7-8,13-14,18-19H2/t25-/m0/s1. The van der Waals surface area contributed by atoms with Gasteiger partial charge in [0.2, 0.25) is 5.91 Å². The Kier molecular flexibility index (Phi) is 8.52. The zero-order valence-corrected chi connectivity index (χ0v) is 20.9. The molecule has 0 bridgehead atoms. The molecule has 0 N–H and O–H groups in total. The molecule has 1 heterocycles. The van der Waals surface area contributed by atoms with Crippen molar-refractivity contribution < 1.29 is 18.4 Å². The molecule has 1 aliphatic heterocycles. The smallest absolute Gasteiger partial charge is 0.222 e. The maximum absolute atomic E-state index is 14.5. The predicted molar refractivity (Wildman–Crippen MR) is 138 cm³/mol. The molecular weight excluding hydrogens is 496 g/mol. The number of carbonyl (C=O) groups is 2. The van der Waals surface area contributed by atoms with E-state index in [2.05, 4.69) is 0 Å². The van der Waals surface area contributed by atoms with Gasteiger partial charge in [-0.15, -0.1) is 0 Å². The first-order valence-electron chi connectivity index (χ1n) is 12.1.